The number of alkyl carbamates (subject to hydrolysis) is 1. The first kappa shape index (κ1) is 21.7. The standard InChI is InChI=1S/C17H34BrNO3/c1-6-7-8-9-10-11-12-21-17(5,13-18)14-19-15(20)22-16(2,3)4/h6-14H2,1-5H3,(H,19,20). The van der Waals surface area contributed by atoms with Gasteiger partial charge in [-0.3, -0.25) is 0 Å². The van der Waals surface area contributed by atoms with E-state index in [9.17, 15) is 4.79 Å². The SMILES string of the molecule is CCCCCCCCOC(C)(CBr)CNC(=O)OC(C)(C)C. The van der Waals surface area contributed by atoms with Crippen molar-refractivity contribution in [3.63, 3.8) is 0 Å². The molecule has 0 aromatic heterocycles. The smallest absolute Gasteiger partial charge is 0.407 e. The molecular formula is C17H34BrNO3. The van der Waals surface area contributed by atoms with Crippen molar-refractivity contribution in [2.24, 2.45) is 0 Å². The first-order valence-corrected chi connectivity index (χ1v) is 9.51. The van der Waals surface area contributed by atoms with Crippen LogP contribution in [-0.4, -0.2) is 35.8 Å². The summed E-state index contributed by atoms with van der Waals surface area (Å²) in [5.74, 6) is 0. The van der Waals surface area contributed by atoms with Crippen LogP contribution in [0.5, 0.6) is 0 Å². The van der Waals surface area contributed by atoms with Crippen molar-refractivity contribution in [2.45, 2.75) is 84.3 Å². The predicted octanol–water partition coefficient (Wildman–Crippen LogP) is 5.04. The lowest BCUT2D eigenvalue weighted by Crippen LogP contribution is -2.45. The third-order valence-corrected chi connectivity index (χ3v) is 4.42. The zero-order valence-corrected chi connectivity index (χ0v) is 16.6. The van der Waals surface area contributed by atoms with E-state index in [4.69, 9.17) is 9.47 Å². The third-order valence-electron chi connectivity index (χ3n) is 3.24. The van der Waals surface area contributed by atoms with Crippen molar-refractivity contribution < 1.29 is 14.3 Å². The van der Waals surface area contributed by atoms with Crippen molar-refractivity contribution in [2.75, 3.05) is 18.5 Å². The van der Waals surface area contributed by atoms with Gasteiger partial charge in [0.2, 0.25) is 0 Å². The minimum absolute atomic E-state index is 0.400. The van der Waals surface area contributed by atoms with Gasteiger partial charge in [-0.2, -0.15) is 0 Å². The zero-order valence-electron chi connectivity index (χ0n) is 15.0. The number of alkyl halides is 1. The topological polar surface area (TPSA) is 47.6 Å². The van der Waals surface area contributed by atoms with Gasteiger partial charge in [-0.1, -0.05) is 55.0 Å². The second-order valence-corrected chi connectivity index (χ2v) is 7.62. The number of carbonyl (C=O) groups is 1. The van der Waals surface area contributed by atoms with Crippen molar-refractivity contribution >= 4 is 22.0 Å². The maximum absolute atomic E-state index is 11.7. The molecule has 0 bridgehead atoms. The highest BCUT2D eigenvalue weighted by atomic mass is 79.9. The van der Waals surface area contributed by atoms with Crippen molar-refractivity contribution in [1.29, 1.82) is 0 Å². The number of halogens is 1. The van der Waals surface area contributed by atoms with Crippen LogP contribution in [0.2, 0.25) is 0 Å². The maximum atomic E-state index is 11.7. The van der Waals surface area contributed by atoms with Gasteiger partial charge in [0.05, 0.1) is 12.1 Å². The molecule has 0 aliphatic rings. The fourth-order valence-electron chi connectivity index (χ4n) is 1.91. The van der Waals surface area contributed by atoms with Gasteiger partial charge in [-0.05, 0) is 34.1 Å². The monoisotopic (exact) mass is 379 g/mol. The molecule has 5 heteroatoms. The Balaban J connectivity index is 3.91. The van der Waals surface area contributed by atoms with E-state index in [2.05, 4.69) is 28.2 Å². The van der Waals surface area contributed by atoms with Gasteiger partial charge >= 0.3 is 6.09 Å². The predicted molar refractivity (Wildman–Crippen MR) is 95.8 cm³/mol. The molecule has 22 heavy (non-hydrogen) atoms. The normalized spacial score (nSPS) is 14.5. The summed E-state index contributed by atoms with van der Waals surface area (Å²) < 4.78 is 11.2. The average molecular weight is 380 g/mol. The van der Waals surface area contributed by atoms with Crippen LogP contribution in [0.1, 0.15) is 73.1 Å². The molecule has 1 unspecified atom stereocenters. The lowest BCUT2D eigenvalue weighted by atomic mass is 10.1. The van der Waals surface area contributed by atoms with Crippen LogP contribution in [0, 0.1) is 0 Å². The Morgan fingerprint density at radius 1 is 1.05 bits per heavy atom. The first-order valence-electron chi connectivity index (χ1n) is 8.39. The summed E-state index contributed by atoms with van der Waals surface area (Å²) in [6.07, 6.45) is 7.05. The van der Waals surface area contributed by atoms with E-state index in [1.54, 1.807) is 0 Å². The molecule has 0 aromatic carbocycles. The summed E-state index contributed by atoms with van der Waals surface area (Å²) in [7, 11) is 0. The molecule has 0 aliphatic carbocycles. The Hall–Kier alpha value is -0.290. The van der Waals surface area contributed by atoms with Crippen molar-refractivity contribution in [3.05, 3.63) is 0 Å². The number of hydrogen-bond donors (Lipinski definition) is 1. The van der Waals surface area contributed by atoms with Crippen LogP contribution in [0.4, 0.5) is 4.79 Å². The highest BCUT2D eigenvalue weighted by Gasteiger charge is 2.25. The minimum atomic E-state index is -0.478. The summed E-state index contributed by atoms with van der Waals surface area (Å²) in [4.78, 5) is 11.7. The number of amides is 1. The molecule has 0 aliphatic heterocycles. The van der Waals surface area contributed by atoms with E-state index in [1.165, 1.54) is 32.1 Å². The van der Waals surface area contributed by atoms with Crippen LogP contribution in [-0.2, 0) is 9.47 Å². The lowest BCUT2D eigenvalue weighted by Gasteiger charge is -2.29. The Morgan fingerprint density at radius 2 is 1.64 bits per heavy atom. The molecule has 0 rings (SSSR count). The van der Waals surface area contributed by atoms with Crippen molar-refractivity contribution in [3.8, 4) is 0 Å². The Bertz CT molecular complexity index is 305. The van der Waals surface area contributed by atoms with Gasteiger partial charge in [0.1, 0.15) is 5.60 Å². The molecule has 132 valence electrons. The Labute approximate surface area is 144 Å². The summed E-state index contributed by atoms with van der Waals surface area (Å²) in [5.41, 5.74) is -0.880. The van der Waals surface area contributed by atoms with E-state index in [0.29, 0.717) is 11.9 Å². The van der Waals surface area contributed by atoms with Crippen LogP contribution >= 0.6 is 15.9 Å². The maximum Gasteiger partial charge on any atom is 0.407 e. The van der Waals surface area contributed by atoms with E-state index < -0.39 is 17.3 Å². The van der Waals surface area contributed by atoms with Crippen LogP contribution < -0.4 is 5.32 Å². The largest absolute Gasteiger partial charge is 0.444 e. The molecular weight excluding hydrogens is 346 g/mol. The second-order valence-electron chi connectivity index (χ2n) is 7.06. The summed E-state index contributed by atoms with van der Waals surface area (Å²) in [6.45, 7) is 10.9. The summed E-state index contributed by atoms with van der Waals surface area (Å²) in [5, 5.41) is 3.46. The zero-order chi connectivity index (χ0) is 17.1. The molecule has 4 nitrogen and oxygen atoms in total. The molecule has 1 amide bonds. The lowest BCUT2D eigenvalue weighted by molar-refractivity contribution is -0.0166. The molecule has 0 spiro atoms. The van der Waals surface area contributed by atoms with Gasteiger partial charge in [-0.25, -0.2) is 4.79 Å². The molecule has 0 aromatic rings. The van der Waals surface area contributed by atoms with Crippen LogP contribution in [0.3, 0.4) is 0 Å². The fourth-order valence-corrected chi connectivity index (χ4v) is 2.27. The number of unbranched alkanes of at least 4 members (excludes halogenated alkanes) is 5. The molecule has 0 fully saturated rings. The Morgan fingerprint density at radius 3 is 2.18 bits per heavy atom. The van der Waals surface area contributed by atoms with E-state index in [1.807, 2.05) is 27.7 Å². The number of hydrogen-bond acceptors (Lipinski definition) is 3. The molecule has 1 N–H and O–H groups in total. The highest BCUT2D eigenvalue weighted by molar-refractivity contribution is 9.09. The summed E-state index contributed by atoms with van der Waals surface area (Å²) >= 11 is 3.47. The fraction of sp³-hybridized carbons (Fsp3) is 0.941. The van der Waals surface area contributed by atoms with Gasteiger partial charge in [-0.15, -0.1) is 0 Å². The van der Waals surface area contributed by atoms with E-state index in [0.717, 1.165) is 13.0 Å². The van der Waals surface area contributed by atoms with Crippen LogP contribution in [0.15, 0.2) is 0 Å². The molecule has 0 radical (unpaired) electrons. The van der Waals surface area contributed by atoms with Gasteiger partial charge in [0.25, 0.3) is 0 Å². The average Bonchev–Trinajstić information content (AvgIpc) is 2.42. The quantitative estimate of drug-likeness (QED) is 0.403. The van der Waals surface area contributed by atoms with E-state index >= 15 is 0 Å². The number of ether oxygens (including phenoxy) is 2. The highest BCUT2D eigenvalue weighted by Crippen LogP contribution is 2.15. The first-order chi connectivity index (χ1) is 10.2. The number of carbonyl (C=O) groups excluding carboxylic acids is 1. The molecule has 1 atom stereocenters. The van der Waals surface area contributed by atoms with Crippen molar-refractivity contribution in [1.82, 2.24) is 5.32 Å². The van der Waals surface area contributed by atoms with Gasteiger partial charge in [0, 0.05) is 11.9 Å². The van der Waals surface area contributed by atoms with Gasteiger partial charge in [0.15, 0.2) is 0 Å². The van der Waals surface area contributed by atoms with Gasteiger partial charge < -0.3 is 14.8 Å². The molecule has 0 saturated heterocycles. The summed E-state index contributed by atoms with van der Waals surface area (Å²) in [6, 6.07) is 0. The van der Waals surface area contributed by atoms with Crippen LogP contribution in [0.25, 0.3) is 0 Å². The molecule has 0 heterocycles. The second kappa shape index (κ2) is 11.3. The molecule has 0 saturated carbocycles. The minimum Gasteiger partial charge on any atom is -0.444 e. The number of nitrogens with one attached hydrogen (secondary N) is 1. The Kier molecular flexibility index (Phi) is 11.1. The third kappa shape index (κ3) is 12.3. The van der Waals surface area contributed by atoms with E-state index in [-0.39, 0.29) is 0 Å². The number of rotatable bonds is 11.